The predicted octanol–water partition coefficient (Wildman–Crippen LogP) is -1.96. The lowest BCUT2D eigenvalue weighted by atomic mass is 10.0. The molecule has 2 aliphatic heterocycles. The van der Waals surface area contributed by atoms with Crippen LogP contribution in [0.1, 0.15) is 0 Å². The minimum absolute atomic E-state index is 0.154. The molecule has 2 aliphatic rings. The molecule has 2 fully saturated rings. The van der Waals surface area contributed by atoms with Gasteiger partial charge in [-0.3, -0.25) is 4.79 Å². The molecule has 0 aromatic carbocycles. The van der Waals surface area contributed by atoms with Crippen LogP contribution in [0.15, 0.2) is 0 Å². The lowest BCUT2D eigenvalue weighted by molar-refractivity contribution is -0.123. The molecule has 2 saturated heterocycles. The number of hydrogen-bond donors (Lipinski definition) is 4. The van der Waals surface area contributed by atoms with E-state index in [4.69, 9.17) is 12.2 Å². The van der Waals surface area contributed by atoms with E-state index >= 15 is 0 Å². The summed E-state index contributed by atoms with van der Waals surface area (Å²) in [5.74, 6) is -0.261. The van der Waals surface area contributed by atoms with E-state index in [2.05, 4.69) is 21.3 Å². The zero-order chi connectivity index (χ0) is 9.42. The second-order valence-corrected chi connectivity index (χ2v) is 3.31. The topological polar surface area (TPSA) is 82.3 Å². The van der Waals surface area contributed by atoms with Gasteiger partial charge in [0.2, 0.25) is 0 Å². The fraction of sp³-hybridized carbons (Fsp3) is 0.500. The molecule has 0 radical (unpaired) electrons. The van der Waals surface area contributed by atoms with Crippen LogP contribution in [0.4, 0.5) is 4.79 Å². The van der Waals surface area contributed by atoms with Crippen molar-refractivity contribution in [3.05, 3.63) is 0 Å². The molecule has 3 amide bonds. The van der Waals surface area contributed by atoms with Crippen LogP contribution < -0.4 is 21.3 Å². The molecule has 0 saturated carbocycles. The smallest absolute Gasteiger partial charge is 0.315 e. The van der Waals surface area contributed by atoms with Crippen molar-refractivity contribution in [1.29, 1.82) is 0 Å². The maximum Gasteiger partial charge on any atom is 0.315 e. The van der Waals surface area contributed by atoms with Gasteiger partial charge in [-0.1, -0.05) is 0 Å². The molecule has 6 nitrogen and oxygen atoms in total. The SMILES string of the molecule is O=C1NCC2NC(=S)NC(=O)C2N1. The van der Waals surface area contributed by atoms with Crippen LogP contribution in [-0.4, -0.2) is 35.7 Å². The lowest BCUT2D eigenvalue weighted by Gasteiger charge is -2.36. The Morgan fingerprint density at radius 2 is 2.08 bits per heavy atom. The Morgan fingerprint density at radius 1 is 1.31 bits per heavy atom. The third-order valence-corrected chi connectivity index (χ3v) is 2.23. The first kappa shape index (κ1) is 8.24. The molecule has 0 aliphatic carbocycles. The van der Waals surface area contributed by atoms with Gasteiger partial charge in [0.15, 0.2) is 5.11 Å². The molecule has 2 atom stereocenters. The number of thiocarbonyl (C=S) groups is 1. The summed E-state index contributed by atoms with van der Waals surface area (Å²) in [7, 11) is 0. The van der Waals surface area contributed by atoms with Crippen molar-refractivity contribution in [2.24, 2.45) is 0 Å². The van der Waals surface area contributed by atoms with Crippen molar-refractivity contribution in [3.63, 3.8) is 0 Å². The van der Waals surface area contributed by atoms with Crippen molar-refractivity contribution >= 4 is 29.3 Å². The highest BCUT2D eigenvalue weighted by molar-refractivity contribution is 7.80. The average molecular weight is 200 g/mol. The van der Waals surface area contributed by atoms with Crippen molar-refractivity contribution in [2.75, 3.05) is 6.54 Å². The van der Waals surface area contributed by atoms with Gasteiger partial charge < -0.3 is 21.3 Å². The highest BCUT2D eigenvalue weighted by Crippen LogP contribution is 2.02. The quantitative estimate of drug-likeness (QED) is 0.342. The molecule has 0 aromatic rings. The third-order valence-electron chi connectivity index (χ3n) is 2.01. The monoisotopic (exact) mass is 200 g/mol. The van der Waals surface area contributed by atoms with Gasteiger partial charge in [0.1, 0.15) is 6.04 Å². The summed E-state index contributed by atoms with van der Waals surface area (Å²) in [6.07, 6.45) is 0. The number of nitrogens with one attached hydrogen (secondary N) is 4. The average Bonchev–Trinajstić information content (AvgIpc) is 2.06. The highest BCUT2D eigenvalue weighted by atomic mass is 32.1. The summed E-state index contributed by atoms with van der Waals surface area (Å²) >= 11 is 4.80. The molecular weight excluding hydrogens is 192 g/mol. The number of urea groups is 1. The van der Waals surface area contributed by atoms with E-state index < -0.39 is 6.04 Å². The first-order valence-corrected chi connectivity index (χ1v) is 4.23. The lowest BCUT2D eigenvalue weighted by Crippen LogP contribution is -2.72. The van der Waals surface area contributed by atoms with Crippen LogP contribution in [0.25, 0.3) is 0 Å². The first-order valence-electron chi connectivity index (χ1n) is 3.82. The summed E-state index contributed by atoms with van der Waals surface area (Å²) in [4.78, 5) is 22.2. The second-order valence-electron chi connectivity index (χ2n) is 2.90. The van der Waals surface area contributed by atoms with Gasteiger partial charge in [0.25, 0.3) is 5.91 Å². The van der Waals surface area contributed by atoms with Gasteiger partial charge in [0.05, 0.1) is 6.04 Å². The van der Waals surface area contributed by atoms with Crippen molar-refractivity contribution in [3.8, 4) is 0 Å². The van der Waals surface area contributed by atoms with E-state index in [9.17, 15) is 9.59 Å². The summed E-state index contributed by atoms with van der Waals surface area (Å²) in [6.45, 7) is 0.407. The van der Waals surface area contributed by atoms with Gasteiger partial charge in [-0.05, 0) is 12.2 Å². The molecular formula is C6H8N4O2S. The molecule has 4 N–H and O–H groups in total. The van der Waals surface area contributed by atoms with E-state index in [1.807, 2.05) is 0 Å². The minimum atomic E-state index is -0.527. The molecule has 7 heteroatoms. The van der Waals surface area contributed by atoms with Gasteiger partial charge in [-0.2, -0.15) is 0 Å². The third kappa shape index (κ3) is 1.42. The Hall–Kier alpha value is -1.37. The van der Waals surface area contributed by atoms with Crippen molar-refractivity contribution in [2.45, 2.75) is 12.1 Å². The zero-order valence-corrected chi connectivity index (χ0v) is 7.40. The summed E-state index contributed by atoms with van der Waals surface area (Å²) in [6, 6.07) is -1.01. The summed E-state index contributed by atoms with van der Waals surface area (Å²) in [5, 5.41) is 10.7. The van der Waals surface area contributed by atoms with Crippen LogP contribution in [-0.2, 0) is 4.79 Å². The predicted molar refractivity (Wildman–Crippen MR) is 48.0 cm³/mol. The normalized spacial score (nSPS) is 32.2. The van der Waals surface area contributed by atoms with Crippen LogP contribution >= 0.6 is 12.2 Å². The van der Waals surface area contributed by atoms with E-state index in [0.29, 0.717) is 11.7 Å². The van der Waals surface area contributed by atoms with Crippen molar-refractivity contribution < 1.29 is 9.59 Å². The maximum absolute atomic E-state index is 11.3. The molecule has 13 heavy (non-hydrogen) atoms. The number of hydrogen-bond acceptors (Lipinski definition) is 3. The fourth-order valence-corrected chi connectivity index (χ4v) is 1.64. The summed E-state index contributed by atoms with van der Waals surface area (Å²) in [5.41, 5.74) is 0. The van der Waals surface area contributed by atoms with Gasteiger partial charge >= 0.3 is 6.03 Å². The van der Waals surface area contributed by atoms with Gasteiger partial charge in [-0.25, -0.2) is 4.79 Å². The standard InChI is InChI=1S/C6H8N4O2S/c11-4-3-2(8-6(13)10-4)1-7-5(12)9-3/h2-3H,1H2,(H2,7,9,12)(H2,8,10,11,13). The minimum Gasteiger partial charge on any atom is -0.355 e. The van der Waals surface area contributed by atoms with Crippen LogP contribution in [0.3, 0.4) is 0 Å². The van der Waals surface area contributed by atoms with E-state index in [1.165, 1.54) is 0 Å². The molecule has 0 bridgehead atoms. The number of rotatable bonds is 0. The van der Waals surface area contributed by atoms with E-state index in [0.717, 1.165) is 0 Å². The summed E-state index contributed by atoms with van der Waals surface area (Å²) < 4.78 is 0. The van der Waals surface area contributed by atoms with Gasteiger partial charge in [-0.15, -0.1) is 0 Å². The number of carbonyl (C=O) groups is 2. The Labute approximate surface area is 79.4 Å². The van der Waals surface area contributed by atoms with Crippen LogP contribution in [0.2, 0.25) is 0 Å². The Kier molecular flexibility index (Phi) is 1.80. The van der Waals surface area contributed by atoms with Crippen LogP contribution in [0, 0.1) is 0 Å². The van der Waals surface area contributed by atoms with Gasteiger partial charge in [0, 0.05) is 6.54 Å². The zero-order valence-electron chi connectivity index (χ0n) is 6.59. The molecule has 70 valence electrons. The number of carbonyl (C=O) groups excluding carboxylic acids is 2. The Bertz CT molecular complexity index is 292. The number of amides is 3. The van der Waals surface area contributed by atoms with E-state index in [1.54, 1.807) is 0 Å². The van der Waals surface area contributed by atoms with E-state index in [-0.39, 0.29) is 18.0 Å². The highest BCUT2D eigenvalue weighted by Gasteiger charge is 2.37. The van der Waals surface area contributed by atoms with Crippen LogP contribution in [0.5, 0.6) is 0 Å². The second kappa shape index (κ2) is 2.84. The Morgan fingerprint density at radius 3 is 2.85 bits per heavy atom. The first-order chi connectivity index (χ1) is 6.16. The molecule has 2 heterocycles. The maximum atomic E-state index is 11.3. The molecule has 2 unspecified atom stereocenters. The Balaban J connectivity index is 2.15. The number of fused-ring (bicyclic) bond motifs is 1. The molecule has 0 spiro atoms. The fourth-order valence-electron chi connectivity index (χ4n) is 1.39. The van der Waals surface area contributed by atoms with Crippen molar-refractivity contribution in [1.82, 2.24) is 21.3 Å². The molecule has 2 rings (SSSR count). The largest absolute Gasteiger partial charge is 0.355 e. The molecule has 0 aromatic heterocycles.